The molecule has 0 aromatic rings. The molecule has 2 N–H and O–H groups in total. The Balaban J connectivity index is 3.26. The smallest absolute Gasteiger partial charge is 0.221 e. The largest absolute Gasteiger partial charge is 0.356 e. The van der Waals surface area contributed by atoms with Gasteiger partial charge >= 0.3 is 0 Å². The maximum absolute atomic E-state index is 11.1. The minimum atomic E-state index is 0.141. The van der Waals surface area contributed by atoms with Crippen LogP contribution < -0.4 is 10.6 Å². The molecule has 1 amide bonds. The van der Waals surface area contributed by atoms with Gasteiger partial charge in [0.15, 0.2) is 0 Å². The lowest BCUT2D eigenvalue weighted by molar-refractivity contribution is -0.120. The van der Waals surface area contributed by atoms with Crippen LogP contribution in [-0.2, 0) is 4.79 Å². The topological polar surface area (TPSA) is 41.1 Å². The van der Waals surface area contributed by atoms with Gasteiger partial charge < -0.3 is 10.6 Å². The molecule has 0 aromatic heterocycles. The van der Waals surface area contributed by atoms with Crippen LogP contribution >= 0.6 is 11.8 Å². The summed E-state index contributed by atoms with van der Waals surface area (Å²) in [7, 11) is 1.85. The second-order valence-corrected chi connectivity index (χ2v) is 4.31. The second kappa shape index (κ2) is 8.38. The molecule has 0 saturated carbocycles. The number of nitrogens with one attached hydrogen (secondary N) is 2. The fourth-order valence-electron chi connectivity index (χ4n) is 0.860. The molecule has 0 heterocycles. The van der Waals surface area contributed by atoms with Gasteiger partial charge in [0.25, 0.3) is 0 Å². The third kappa shape index (κ3) is 8.12. The Hall–Kier alpha value is -0.220. The van der Waals surface area contributed by atoms with E-state index in [0.29, 0.717) is 11.7 Å². The quantitative estimate of drug-likeness (QED) is 0.646. The van der Waals surface area contributed by atoms with Crippen LogP contribution in [0.25, 0.3) is 0 Å². The van der Waals surface area contributed by atoms with E-state index in [2.05, 4.69) is 23.8 Å². The van der Waals surface area contributed by atoms with Crippen molar-refractivity contribution in [2.24, 2.45) is 0 Å². The predicted octanol–water partition coefficient (Wildman–Crippen LogP) is 0.854. The van der Waals surface area contributed by atoms with Crippen molar-refractivity contribution in [3.05, 3.63) is 0 Å². The monoisotopic (exact) mass is 204 g/mol. The average molecular weight is 204 g/mol. The summed E-state index contributed by atoms with van der Waals surface area (Å²) in [6, 6.07) is 0. The molecule has 0 saturated heterocycles. The Morgan fingerprint density at radius 3 is 2.69 bits per heavy atom. The molecular weight excluding hydrogens is 184 g/mol. The van der Waals surface area contributed by atoms with E-state index in [1.165, 1.54) is 0 Å². The normalized spacial score (nSPS) is 12.5. The second-order valence-electron chi connectivity index (χ2n) is 3.04. The van der Waals surface area contributed by atoms with Crippen molar-refractivity contribution in [2.45, 2.75) is 25.0 Å². The summed E-state index contributed by atoms with van der Waals surface area (Å²) in [6.45, 7) is 3.72. The number of rotatable bonds is 7. The number of carbonyl (C=O) groups excluding carboxylic acids is 1. The number of amides is 1. The molecule has 0 rings (SSSR count). The van der Waals surface area contributed by atoms with Crippen molar-refractivity contribution in [3.63, 3.8) is 0 Å². The van der Waals surface area contributed by atoms with E-state index in [9.17, 15) is 4.79 Å². The highest BCUT2D eigenvalue weighted by Crippen LogP contribution is 2.07. The van der Waals surface area contributed by atoms with Crippen molar-refractivity contribution in [1.29, 1.82) is 0 Å². The molecule has 4 heteroatoms. The molecule has 0 aliphatic rings. The number of hydrogen-bond acceptors (Lipinski definition) is 3. The highest BCUT2D eigenvalue weighted by molar-refractivity contribution is 7.99. The van der Waals surface area contributed by atoms with E-state index in [0.717, 1.165) is 19.5 Å². The molecule has 0 aromatic carbocycles. The third-order valence-electron chi connectivity index (χ3n) is 1.88. The van der Waals surface area contributed by atoms with E-state index >= 15 is 0 Å². The summed E-state index contributed by atoms with van der Waals surface area (Å²) in [4.78, 5) is 11.1. The van der Waals surface area contributed by atoms with Crippen molar-refractivity contribution in [3.8, 4) is 0 Å². The highest BCUT2D eigenvalue weighted by Gasteiger charge is 2.01. The molecule has 0 spiro atoms. The van der Waals surface area contributed by atoms with Crippen LogP contribution in [0, 0.1) is 0 Å². The van der Waals surface area contributed by atoms with E-state index in [1.807, 2.05) is 18.8 Å². The first-order valence-corrected chi connectivity index (χ1v) is 5.93. The zero-order valence-electron chi connectivity index (χ0n) is 8.72. The fourth-order valence-corrected chi connectivity index (χ4v) is 1.21. The van der Waals surface area contributed by atoms with Crippen LogP contribution in [0.15, 0.2) is 0 Å². The van der Waals surface area contributed by atoms with Crippen LogP contribution in [0.2, 0.25) is 0 Å². The van der Waals surface area contributed by atoms with Gasteiger partial charge in [0.05, 0.1) is 0 Å². The van der Waals surface area contributed by atoms with Crippen molar-refractivity contribution >= 4 is 17.7 Å². The van der Waals surface area contributed by atoms with E-state index in [-0.39, 0.29) is 5.91 Å². The van der Waals surface area contributed by atoms with Gasteiger partial charge in [-0.2, -0.15) is 11.8 Å². The Morgan fingerprint density at radius 1 is 1.46 bits per heavy atom. The molecule has 0 aliphatic carbocycles. The van der Waals surface area contributed by atoms with Crippen molar-refractivity contribution in [2.75, 3.05) is 26.4 Å². The van der Waals surface area contributed by atoms with E-state index < -0.39 is 0 Å². The van der Waals surface area contributed by atoms with Crippen molar-refractivity contribution in [1.82, 2.24) is 10.6 Å². The van der Waals surface area contributed by atoms with Gasteiger partial charge in [-0.05, 0) is 19.7 Å². The molecule has 1 unspecified atom stereocenters. The fraction of sp³-hybridized carbons (Fsp3) is 0.889. The Morgan fingerprint density at radius 2 is 2.15 bits per heavy atom. The maximum atomic E-state index is 11.1. The first-order chi connectivity index (χ1) is 6.20. The van der Waals surface area contributed by atoms with Crippen molar-refractivity contribution < 1.29 is 4.79 Å². The van der Waals surface area contributed by atoms with Crippen LogP contribution in [0.4, 0.5) is 0 Å². The van der Waals surface area contributed by atoms with Gasteiger partial charge in [-0.3, -0.25) is 4.79 Å². The van der Waals surface area contributed by atoms with Gasteiger partial charge in [-0.25, -0.2) is 0 Å². The molecular formula is C9H20N2OS. The van der Waals surface area contributed by atoms with Crippen LogP contribution in [0.1, 0.15) is 19.8 Å². The highest BCUT2D eigenvalue weighted by atomic mass is 32.2. The van der Waals surface area contributed by atoms with Crippen LogP contribution in [0.3, 0.4) is 0 Å². The zero-order valence-corrected chi connectivity index (χ0v) is 9.54. The first-order valence-electron chi connectivity index (χ1n) is 4.64. The van der Waals surface area contributed by atoms with Gasteiger partial charge in [-0.1, -0.05) is 6.92 Å². The number of thioether (sulfide) groups is 1. The van der Waals surface area contributed by atoms with Gasteiger partial charge in [0.1, 0.15) is 0 Å². The summed E-state index contributed by atoms with van der Waals surface area (Å²) in [5.74, 6) is 0.141. The number of carbonyl (C=O) groups is 1. The minimum Gasteiger partial charge on any atom is -0.356 e. The Bertz CT molecular complexity index is 142. The van der Waals surface area contributed by atoms with E-state index in [4.69, 9.17) is 0 Å². The lowest BCUT2D eigenvalue weighted by Gasteiger charge is -2.08. The molecule has 3 nitrogen and oxygen atoms in total. The lowest BCUT2D eigenvalue weighted by atomic mass is 10.3. The van der Waals surface area contributed by atoms with Crippen LogP contribution in [0.5, 0.6) is 0 Å². The van der Waals surface area contributed by atoms with E-state index in [1.54, 1.807) is 0 Å². The summed E-state index contributed by atoms with van der Waals surface area (Å²) < 4.78 is 0. The molecule has 0 radical (unpaired) electrons. The predicted molar refractivity (Wildman–Crippen MR) is 59.1 cm³/mol. The lowest BCUT2D eigenvalue weighted by Crippen LogP contribution is -2.28. The molecule has 0 aliphatic heterocycles. The standard InChI is InChI=1S/C9H20N2OS/c1-8(13-3)4-7-11-9(12)5-6-10-2/h8,10H,4-7H2,1-3H3,(H,11,12). The molecule has 1 atom stereocenters. The first kappa shape index (κ1) is 12.8. The third-order valence-corrected chi connectivity index (χ3v) is 2.92. The molecule has 0 bridgehead atoms. The average Bonchev–Trinajstić information content (AvgIpc) is 2.14. The SMILES string of the molecule is CNCCC(=O)NCCC(C)SC. The maximum Gasteiger partial charge on any atom is 0.221 e. The molecule has 78 valence electrons. The van der Waals surface area contributed by atoms with Gasteiger partial charge in [0.2, 0.25) is 5.91 Å². The molecule has 0 fully saturated rings. The van der Waals surface area contributed by atoms with Crippen LogP contribution in [-0.4, -0.2) is 37.6 Å². The Kier molecular flexibility index (Phi) is 8.24. The number of hydrogen-bond donors (Lipinski definition) is 2. The Labute approximate surface area is 85.0 Å². The van der Waals surface area contributed by atoms with Gasteiger partial charge in [-0.15, -0.1) is 0 Å². The minimum absolute atomic E-state index is 0.141. The summed E-state index contributed by atoms with van der Waals surface area (Å²) in [6.07, 6.45) is 3.71. The summed E-state index contributed by atoms with van der Waals surface area (Å²) in [5.41, 5.74) is 0. The molecule has 13 heavy (non-hydrogen) atoms. The summed E-state index contributed by atoms with van der Waals surface area (Å²) in [5, 5.41) is 6.46. The van der Waals surface area contributed by atoms with Gasteiger partial charge in [0, 0.05) is 24.8 Å². The zero-order chi connectivity index (χ0) is 10.1. The summed E-state index contributed by atoms with van der Waals surface area (Å²) >= 11 is 1.83.